The van der Waals surface area contributed by atoms with Gasteiger partial charge in [0.05, 0.1) is 13.7 Å². The van der Waals surface area contributed by atoms with Gasteiger partial charge in [0.15, 0.2) is 11.8 Å². The number of nitrogens with zero attached hydrogens (tertiary/aromatic N) is 2. The number of aryl methyl sites for hydroxylation is 2. The number of methoxy groups -OCH3 is 1. The molecule has 2 aliphatic heterocycles. The minimum Gasteiger partial charge on any atom is -0.468 e. The fraction of sp³-hybridized carbons (Fsp3) is 0.304. The number of piperazine rings is 1. The molecule has 0 N–H and O–H groups in total. The molecule has 1 fully saturated rings. The Kier molecular flexibility index (Phi) is 4.36. The third-order valence-corrected chi connectivity index (χ3v) is 5.93. The summed E-state index contributed by atoms with van der Waals surface area (Å²) in [5.41, 5.74) is 5.41. The van der Waals surface area contributed by atoms with E-state index >= 15 is 0 Å². The maximum absolute atomic E-state index is 13.4. The molecular formula is C23H22N2O4. The van der Waals surface area contributed by atoms with Gasteiger partial charge >= 0.3 is 5.97 Å². The Bertz CT molecular complexity index is 1030. The first-order valence-electron chi connectivity index (χ1n) is 9.88. The first kappa shape index (κ1) is 17.9. The first-order chi connectivity index (χ1) is 14.2. The van der Waals surface area contributed by atoms with Crippen LogP contribution in [0.2, 0.25) is 0 Å². The molecule has 0 aromatic heterocycles. The maximum Gasteiger partial charge on any atom is 0.325 e. The molecule has 5 rings (SSSR count). The molecule has 0 saturated carbocycles. The molecule has 148 valence electrons. The number of amides is 1. The summed E-state index contributed by atoms with van der Waals surface area (Å²) < 4.78 is 4.77. The van der Waals surface area contributed by atoms with Gasteiger partial charge in [0, 0.05) is 17.7 Å². The lowest BCUT2D eigenvalue weighted by molar-refractivity contribution is -0.166. The molecule has 1 unspecified atom stereocenters. The minimum atomic E-state index is -0.560. The molecule has 0 bridgehead atoms. The van der Waals surface area contributed by atoms with E-state index in [-0.39, 0.29) is 12.5 Å². The second kappa shape index (κ2) is 7.04. The summed E-state index contributed by atoms with van der Waals surface area (Å²) in [7, 11) is 1.34. The molecule has 1 aliphatic carbocycles. The normalized spacial score (nSPS) is 20.7. The minimum absolute atomic E-state index is 0.0412. The lowest BCUT2D eigenvalue weighted by Gasteiger charge is -2.35. The monoisotopic (exact) mass is 390 g/mol. The lowest BCUT2D eigenvalue weighted by Crippen LogP contribution is -2.56. The van der Waals surface area contributed by atoms with Gasteiger partial charge in [0.25, 0.3) is 0 Å². The van der Waals surface area contributed by atoms with Crippen LogP contribution in [0.1, 0.15) is 22.3 Å². The van der Waals surface area contributed by atoms with Crippen molar-refractivity contribution in [2.45, 2.75) is 18.9 Å². The number of hydroxylamine groups is 2. The first-order valence-corrected chi connectivity index (χ1v) is 9.88. The van der Waals surface area contributed by atoms with Crippen LogP contribution < -0.4 is 0 Å². The number of fused-ring (bicyclic) bond motifs is 6. The fourth-order valence-corrected chi connectivity index (χ4v) is 4.48. The summed E-state index contributed by atoms with van der Waals surface area (Å²) in [6.07, 6.45) is 1.82. The molecule has 2 aromatic rings. The average Bonchev–Trinajstić information content (AvgIpc) is 3.13. The smallest absolute Gasteiger partial charge is 0.325 e. The molecule has 1 amide bonds. The second-order valence-electron chi connectivity index (χ2n) is 7.53. The summed E-state index contributed by atoms with van der Waals surface area (Å²) in [5, 5.41) is 1.76. The highest BCUT2D eigenvalue weighted by atomic mass is 16.7. The van der Waals surface area contributed by atoms with Gasteiger partial charge in [-0.05, 0) is 29.5 Å². The largest absolute Gasteiger partial charge is 0.468 e. The van der Waals surface area contributed by atoms with Gasteiger partial charge in [0.2, 0.25) is 5.91 Å². The van der Waals surface area contributed by atoms with Gasteiger partial charge in [-0.2, -0.15) is 0 Å². The van der Waals surface area contributed by atoms with E-state index in [2.05, 4.69) is 24.3 Å². The predicted molar refractivity (Wildman–Crippen MR) is 107 cm³/mol. The van der Waals surface area contributed by atoms with Crippen molar-refractivity contribution in [1.82, 2.24) is 9.96 Å². The zero-order chi connectivity index (χ0) is 20.0. The maximum atomic E-state index is 13.4. The zero-order valence-corrected chi connectivity index (χ0v) is 16.3. The fourth-order valence-electron chi connectivity index (χ4n) is 4.48. The van der Waals surface area contributed by atoms with Crippen LogP contribution >= 0.6 is 0 Å². The number of rotatable bonds is 2. The molecule has 6 heteroatoms. The number of carbonyl (C=O) groups excluding carboxylic acids is 2. The van der Waals surface area contributed by atoms with E-state index in [1.165, 1.54) is 18.2 Å². The number of benzene rings is 2. The van der Waals surface area contributed by atoms with E-state index in [9.17, 15) is 9.59 Å². The summed E-state index contributed by atoms with van der Waals surface area (Å²) >= 11 is 0. The molecule has 0 radical (unpaired) electrons. The van der Waals surface area contributed by atoms with Crippen LogP contribution in [0, 0.1) is 0 Å². The van der Waals surface area contributed by atoms with Crippen molar-refractivity contribution in [2.24, 2.45) is 0 Å². The lowest BCUT2D eigenvalue weighted by atomic mass is 9.84. The highest BCUT2D eigenvalue weighted by Gasteiger charge is 2.47. The van der Waals surface area contributed by atoms with Crippen molar-refractivity contribution in [2.75, 3.05) is 26.7 Å². The molecule has 0 spiro atoms. The Hall–Kier alpha value is -3.12. The van der Waals surface area contributed by atoms with Crippen molar-refractivity contribution >= 4 is 23.2 Å². The topological polar surface area (TPSA) is 59.1 Å². The SMILES string of the molecule is COC(=O)CN1CCN2OC3=C(c4ccccc4CCc4ccccc43)C2C1=O. The predicted octanol–water partition coefficient (Wildman–Crippen LogP) is 2.28. The van der Waals surface area contributed by atoms with E-state index in [1.807, 2.05) is 24.3 Å². The van der Waals surface area contributed by atoms with Crippen molar-refractivity contribution in [3.05, 3.63) is 70.8 Å². The second-order valence-corrected chi connectivity index (χ2v) is 7.53. The van der Waals surface area contributed by atoms with Crippen LogP contribution in [-0.4, -0.2) is 54.6 Å². The summed E-state index contributed by atoms with van der Waals surface area (Å²) in [6, 6.07) is 15.9. The molecule has 1 saturated heterocycles. The quantitative estimate of drug-likeness (QED) is 0.737. The van der Waals surface area contributed by atoms with Crippen LogP contribution in [0.25, 0.3) is 11.3 Å². The van der Waals surface area contributed by atoms with Gasteiger partial charge in [-0.3, -0.25) is 9.59 Å². The molecule has 2 heterocycles. The Morgan fingerprint density at radius 2 is 1.69 bits per heavy atom. The Morgan fingerprint density at radius 3 is 2.41 bits per heavy atom. The summed E-state index contributed by atoms with van der Waals surface area (Å²) in [4.78, 5) is 33.0. The van der Waals surface area contributed by atoms with Gasteiger partial charge in [-0.1, -0.05) is 48.5 Å². The van der Waals surface area contributed by atoms with Crippen molar-refractivity contribution in [3.8, 4) is 0 Å². The number of hydrogen-bond acceptors (Lipinski definition) is 5. The Morgan fingerprint density at radius 1 is 1.03 bits per heavy atom. The molecule has 3 aliphatic rings. The van der Waals surface area contributed by atoms with Crippen LogP contribution in [-0.2, 0) is 32.0 Å². The number of esters is 1. The molecule has 6 nitrogen and oxygen atoms in total. The molecular weight excluding hydrogens is 368 g/mol. The van der Waals surface area contributed by atoms with Crippen molar-refractivity contribution in [1.29, 1.82) is 0 Å². The highest BCUT2D eigenvalue weighted by molar-refractivity contribution is 6.06. The van der Waals surface area contributed by atoms with Crippen LogP contribution in [0.4, 0.5) is 0 Å². The number of ether oxygens (including phenoxy) is 1. The van der Waals surface area contributed by atoms with E-state index < -0.39 is 12.0 Å². The standard InChI is InChI=1S/C23H22N2O4/c1-28-19(26)14-24-12-13-25-21(23(24)27)20-17-8-4-2-6-15(17)10-11-16-7-3-5-9-18(16)22(20)29-25/h2-9,21H,10-14H2,1H3. The average molecular weight is 390 g/mol. The Balaban J connectivity index is 1.65. The van der Waals surface area contributed by atoms with Gasteiger partial charge < -0.3 is 14.5 Å². The van der Waals surface area contributed by atoms with Gasteiger partial charge in [0.1, 0.15) is 6.54 Å². The zero-order valence-electron chi connectivity index (χ0n) is 16.3. The molecule has 29 heavy (non-hydrogen) atoms. The van der Waals surface area contributed by atoms with Crippen LogP contribution in [0.3, 0.4) is 0 Å². The van der Waals surface area contributed by atoms with E-state index in [4.69, 9.17) is 9.57 Å². The van der Waals surface area contributed by atoms with Crippen molar-refractivity contribution in [3.63, 3.8) is 0 Å². The molecule has 1 atom stereocenters. The van der Waals surface area contributed by atoms with E-state index in [0.717, 1.165) is 35.3 Å². The summed E-state index contributed by atoms with van der Waals surface area (Å²) in [5.74, 6) is 0.217. The summed E-state index contributed by atoms with van der Waals surface area (Å²) in [6.45, 7) is 0.916. The third-order valence-electron chi connectivity index (χ3n) is 5.93. The van der Waals surface area contributed by atoms with Gasteiger partial charge in [-0.15, -0.1) is 5.06 Å². The van der Waals surface area contributed by atoms with E-state index in [1.54, 1.807) is 9.96 Å². The highest BCUT2D eigenvalue weighted by Crippen LogP contribution is 2.44. The van der Waals surface area contributed by atoms with Gasteiger partial charge in [-0.25, -0.2) is 0 Å². The van der Waals surface area contributed by atoms with E-state index in [0.29, 0.717) is 13.1 Å². The Labute approximate surface area is 169 Å². The third kappa shape index (κ3) is 2.91. The number of hydrogen-bond donors (Lipinski definition) is 0. The van der Waals surface area contributed by atoms with Crippen molar-refractivity contribution < 1.29 is 19.2 Å². The molecule has 2 aromatic carbocycles. The number of carbonyl (C=O) groups is 2. The van der Waals surface area contributed by atoms with Crippen LogP contribution in [0.15, 0.2) is 48.5 Å². The van der Waals surface area contributed by atoms with Crippen LogP contribution in [0.5, 0.6) is 0 Å².